The second-order valence-electron chi connectivity index (χ2n) is 4.57. The Balaban J connectivity index is 2.32. The van der Waals surface area contributed by atoms with Gasteiger partial charge in [0.15, 0.2) is 16.7 Å². The Morgan fingerprint density at radius 3 is 2.87 bits per heavy atom. The number of thioether (sulfide) groups is 1. The summed E-state index contributed by atoms with van der Waals surface area (Å²) >= 11 is 1.37. The fraction of sp³-hybridized carbons (Fsp3) is 0.267. The Morgan fingerprint density at radius 2 is 2.22 bits per heavy atom. The van der Waals surface area contributed by atoms with E-state index in [2.05, 4.69) is 15.3 Å². The zero-order valence-electron chi connectivity index (χ0n) is 13.1. The molecule has 0 unspecified atom stereocenters. The van der Waals surface area contributed by atoms with E-state index in [1.807, 2.05) is 31.4 Å². The Bertz CT molecular complexity index is 709. The van der Waals surface area contributed by atoms with Crippen molar-refractivity contribution in [2.75, 3.05) is 23.9 Å². The van der Waals surface area contributed by atoms with Gasteiger partial charge in [0.1, 0.15) is 0 Å². The number of carbonyl (C=O) groups is 1. The molecule has 0 amide bonds. The lowest BCUT2D eigenvalue weighted by Crippen LogP contribution is -2.12. The van der Waals surface area contributed by atoms with Crippen molar-refractivity contribution in [2.45, 2.75) is 19.0 Å². The van der Waals surface area contributed by atoms with E-state index in [-0.39, 0.29) is 12.4 Å². The molecule has 0 bridgehead atoms. The molecule has 7 nitrogen and oxygen atoms in total. The minimum absolute atomic E-state index is 0.168. The maximum atomic E-state index is 11.5. The third-order valence-corrected chi connectivity index (χ3v) is 3.39. The minimum atomic E-state index is -0.812. The van der Waals surface area contributed by atoms with E-state index in [0.717, 1.165) is 5.56 Å². The summed E-state index contributed by atoms with van der Waals surface area (Å²) in [4.78, 5) is 19.9. The van der Waals surface area contributed by atoms with Gasteiger partial charge in [-0.2, -0.15) is 0 Å². The second kappa shape index (κ2) is 7.68. The Morgan fingerprint density at radius 1 is 1.43 bits per heavy atom. The molecule has 3 N–H and O–H groups in total. The standard InChI is InChI=1S/C15H18N4O3S/c1-4-21-15(20)22-12-8-17-14(23-3)19-13(12)18-11-6-5-9(2)7-10(11)16/h5-8H,4,16H2,1-3H3,(H,17,18,19). The Hall–Kier alpha value is -2.48. The Labute approximate surface area is 138 Å². The quantitative estimate of drug-likeness (QED) is 0.371. The molecule has 0 aliphatic carbocycles. The van der Waals surface area contributed by atoms with Crippen molar-refractivity contribution in [3.8, 4) is 5.75 Å². The first-order chi connectivity index (χ1) is 11.0. The molecule has 8 heteroatoms. The van der Waals surface area contributed by atoms with E-state index >= 15 is 0 Å². The molecule has 122 valence electrons. The van der Waals surface area contributed by atoms with Crippen LogP contribution in [0.3, 0.4) is 0 Å². The first-order valence-corrected chi connectivity index (χ1v) is 8.14. The molecule has 0 atom stereocenters. The average molecular weight is 334 g/mol. The van der Waals surface area contributed by atoms with Crippen molar-refractivity contribution in [3.63, 3.8) is 0 Å². The van der Waals surface area contributed by atoms with Gasteiger partial charge in [0.05, 0.1) is 24.2 Å². The van der Waals surface area contributed by atoms with Crippen LogP contribution in [0.5, 0.6) is 5.75 Å². The van der Waals surface area contributed by atoms with Crippen molar-refractivity contribution < 1.29 is 14.3 Å². The number of nitrogens with two attached hydrogens (primary N) is 1. The summed E-state index contributed by atoms with van der Waals surface area (Å²) in [6, 6.07) is 5.59. The molecule has 0 aliphatic heterocycles. The number of nitrogens with zero attached hydrogens (tertiary/aromatic N) is 2. The maximum absolute atomic E-state index is 11.5. The molecular weight excluding hydrogens is 316 g/mol. The van der Waals surface area contributed by atoms with Crippen molar-refractivity contribution in [1.82, 2.24) is 9.97 Å². The lowest BCUT2D eigenvalue weighted by Gasteiger charge is -2.13. The molecular formula is C15H18N4O3S. The number of rotatable bonds is 5. The van der Waals surface area contributed by atoms with Crippen LogP contribution in [0.1, 0.15) is 12.5 Å². The van der Waals surface area contributed by atoms with Crippen LogP contribution in [-0.4, -0.2) is 29.0 Å². The van der Waals surface area contributed by atoms with E-state index in [1.165, 1.54) is 18.0 Å². The normalized spacial score (nSPS) is 10.2. The van der Waals surface area contributed by atoms with Crippen LogP contribution < -0.4 is 15.8 Å². The summed E-state index contributed by atoms with van der Waals surface area (Å²) in [5.74, 6) is 0.509. The highest BCUT2D eigenvalue weighted by Crippen LogP contribution is 2.30. The number of aromatic nitrogens is 2. The highest BCUT2D eigenvalue weighted by atomic mass is 32.2. The summed E-state index contributed by atoms with van der Waals surface area (Å²) < 4.78 is 9.90. The highest BCUT2D eigenvalue weighted by Gasteiger charge is 2.14. The van der Waals surface area contributed by atoms with Gasteiger partial charge in [-0.3, -0.25) is 0 Å². The molecule has 1 aromatic carbocycles. The van der Waals surface area contributed by atoms with E-state index in [0.29, 0.717) is 22.3 Å². The first kappa shape index (κ1) is 16.9. The monoisotopic (exact) mass is 334 g/mol. The fourth-order valence-corrected chi connectivity index (χ4v) is 2.12. The number of nitrogens with one attached hydrogen (secondary N) is 1. The number of aryl methyl sites for hydroxylation is 1. The van der Waals surface area contributed by atoms with E-state index in [9.17, 15) is 4.79 Å². The number of benzene rings is 1. The molecule has 0 saturated heterocycles. The van der Waals surface area contributed by atoms with Gasteiger partial charge in [-0.15, -0.1) is 0 Å². The van der Waals surface area contributed by atoms with Crippen LogP contribution in [0.4, 0.5) is 22.0 Å². The summed E-state index contributed by atoms with van der Waals surface area (Å²) in [6.07, 6.45) is 2.46. The molecule has 0 radical (unpaired) electrons. The number of carbonyl (C=O) groups excluding carboxylic acids is 1. The number of ether oxygens (including phenoxy) is 2. The summed E-state index contributed by atoms with van der Waals surface area (Å²) in [5, 5.41) is 3.60. The van der Waals surface area contributed by atoms with Gasteiger partial charge < -0.3 is 20.5 Å². The smallest absolute Gasteiger partial charge is 0.434 e. The van der Waals surface area contributed by atoms with Crippen molar-refractivity contribution in [1.29, 1.82) is 0 Å². The SMILES string of the molecule is CCOC(=O)Oc1cnc(SC)nc1Nc1ccc(C)cc1N. The number of anilines is 3. The molecule has 23 heavy (non-hydrogen) atoms. The fourth-order valence-electron chi connectivity index (χ4n) is 1.78. The maximum Gasteiger partial charge on any atom is 0.514 e. The zero-order chi connectivity index (χ0) is 16.8. The third kappa shape index (κ3) is 4.49. The zero-order valence-corrected chi connectivity index (χ0v) is 13.9. The largest absolute Gasteiger partial charge is 0.514 e. The van der Waals surface area contributed by atoms with E-state index in [1.54, 1.807) is 6.92 Å². The van der Waals surface area contributed by atoms with Gasteiger partial charge in [-0.05, 0) is 37.8 Å². The second-order valence-corrected chi connectivity index (χ2v) is 5.34. The molecule has 2 rings (SSSR count). The van der Waals surface area contributed by atoms with Gasteiger partial charge in [0.25, 0.3) is 0 Å². The number of hydrogen-bond acceptors (Lipinski definition) is 8. The number of hydrogen-bond donors (Lipinski definition) is 2. The summed E-state index contributed by atoms with van der Waals surface area (Å²) in [7, 11) is 0. The first-order valence-electron chi connectivity index (χ1n) is 6.92. The Kier molecular flexibility index (Phi) is 5.64. The predicted octanol–water partition coefficient (Wildman–Crippen LogP) is 3.37. The number of nitrogen functional groups attached to an aromatic ring is 1. The molecule has 0 saturated carbocycles. The van der Waals surface area contributed by atoms with Gasteiger partial charge >= 0.3 is 6.16 Å². The van der Waals surface area contributed by atoms with E-state index < -0.39 is 6.16 Å². The molecule has 2 aromatic rings. The van der Waals surface area contributed by atoms with Crippen LogP contribution in [0.25, 0.3) is 0 Å². The highest BCUT2D eigenvalue weighted by molar-refractivity contribution is 7.98. The minimum Gasteiger partial charge on any atom is -0.434 e. The van der Waals surface area contributed by atoms with Gasteiger partial charge in [-0.25, -0.2) is 14.8 Å². The van der Waals surface area contributed by atoms with Crippen molar-refractivity contribution in [3.05, 3.63) is 30.0 Å². The van der Waals surface area contributed by atoms with Crippen LogP contribution in [-0.2, 0) is 4.74 Å². The summed E-state index contributed by atoms with van der Waals surface area (Å²) in [5.41, 5.74) is 8.27. The topological polar surface area (TPSA) is 99.4 Å². The summed E-state index contributed by atoms with van der Waals surface area (Å²) in [6.45, 7) is 3.86. The lowest BCUT2D eigenvalue weighted by atomic mass is 10.2. The predicted molar refractivity (Wildman–Crippen MR) is 90.3 cm³/mol. The molecule has 0 aliphatic rings. The van der Waals surface area contributed by atoms with E-state index in [4.69, 9.17) is 15.2 Å². The third-order valence-electron chi connectivity index (χ3n) is 2.83. The molecule has 1 aromatic heterocycles. The van der Waals surface area contributed by atoms with Crippen LogP contribution in [0, 0.1) is 6.92 Å². The van der Waals surface area contributed by atoms with Gasteiger partial charge in [-0.1, -0.05) is 17.8 Å². The van der Waals surface area contributed by atoms with Crippen LogP contribution >= 0.6 is 11.8 Å². The lowest BCUT2D eigenvalue weighted by molar-refractivity contribution is 0.104. The van der Waals surface area contributed by atoms with Crippen LogP contribution in [0.15, 0.2) is 29.6 Å². The van der Waals surface area contributed by atoms with Crippen molar-refractivity contribution >= 4 is 35.1 Å². The van der Waals surface area contributed by atoms with Gasteiger partial charge in [0.2, 0.25) is 0 Å². The van der Waals surface area contributed by atoms with Crippen LogP contribution in [0.2, 0.25) is 0 Å². The average Bonchev–Trinajstić information content (AvgIpc) is 2.51. The molecule has 0 fully saturated rings. The van der Waals surface area contributed by atoms with Gasteiger partial charge in [0, 0.05) is 0 Å². The van der Waals surface area contributed by atoms with Crippen molar-refractivity contribution in [2.24, 2.45) is 0 Å². The molecule has 1 heterocycles. The molecule has 0 spiro atoms.